The lowest BCUT2D eigenvalue weighted by Gasteiger charge is -2.31. The standard InChI is InChI=1S/C19H21NO/c1-3-8-17(9-4-1)14-20(19-12-7-13-21-16-19)15-18-10-5-2-6-11-18/h1-12,19H,13-16H2. The maximum atomic E-state index is 5.61. The fourth-order valence-corrected chi connectivity index (χ4v) is 2.68. The average molecular weight is 279 g/mol. The van der Waals surface area contributed by atoms with Crippen LogP contribution in [-0.4, -0.2) is 24.2 Å². The van der Waals surface area contributed by atoms with Crippen LogP contribution in [0.1, 0.15) is 11.1 Å². The van der Waals surface area contributed by atoms with Crippen LogP contribution in [0.2, 0.25) is 0 Å². The van der Waals surface area contributed by atoms with Crippen LogP contribution in [0.25, 0.3) is 0 Å². The Morgan fingerprint density at radius 3 is 1.90 bits per heavy atom. The fourth-order valence-electron chi connectivity index (χ4n) is 2.68. The summed E-state index contributed by atoms with van der Waals surface area (Å²) in [5, 5.41) is 0. The van der Waals surface area contributed by atoms with E-state index in [-0.39, 0.29) is 0 Å². The van der Waals surface area contributed by atoms with Crippen molar-refractivity contribution in [2.24, 2.45) is 0 Å². The second-order valence-corrected chi connectivity index (χ2v) is 5.41. The molecule has 0 fully saturated rings. The molecular formula is C19H21NO. The van der Waals surface area contributed by atoms with E-state index in [1.165, 1.54) is 11.1 Å². The van der Waals surface area contributed by atoms with Gasteiger partial charge in [0.2, 0.25) is 0 Å². The van der Waals surface area contributed by atoms with Gasteiger partial charge >= 0.3 is 0 Å². The molecule has 1 aliphatic heterocycles. The molecule has 1 unspecified atom stereocenters. The van der Waals surface area contributed by atoms with E-state index in [9.17, 15) is 0 Å². The second kappa shape index (κ2) is 7.21. The van der Waals surface area contributed by atoms with Crippen LogP contribution in [0.5, 0.6) is 0 Å². The summed E-state index contributed by atoms with van der Waals surface area (Å²) in [5.41, 5.74) is 2.68. The molecule has 21 heavy (non-hydrogen) atoms. The zero-order chi connectivity index (χ0) is 14.3. The van der Waals surface area contributed by atoms with Gasteiger partial charge < -0.3 is 4.74 Å². The molecule has 108 valence electrons. The summed E-state index contributed by atoms with van der Waals surface area (Å²) in [5.74, 6) is 0. The van der Waals surface area contributed by atoms with Crippen LogP contribution < -0.4 is 0 Å². The largest absolute Gasteiger partial charge is 0.375 e. The predicted molar refractivity (Wildman–Crippen MR) is 85.9 cm³/mol. The van der Waals surface area contributed by atoms with Gasteiger partial charge in [-0.15, -0.1) is 0 Å². The van der Waals surface area contributed by atoms with E-state index in [1.807, 2.05) is 0 Å². The van der Waals surface area contributed by atoms with Crippen molar-refractivity contribution >= 4 is 0 Å². The van der Waals surface area contributed by atoms with Crippen molar-refractivity contribution in [1.29, 1.82) is 0 Å². The lowest BCUT2D eigenvalue weighted by Crippen LogP contribution is -2.38. The molecule has 1 heterocycles. The van der Waals surface area contributed by atoms with Crippen molar-refractivity contribution in [2.45, 2.75) is 19.1 Å². The molecule has 0 saturated carbocycles. The van der Waals surface area contributed by atoms with Crippen LogP contribution in [0, 0.1) is 0 Å². The van der Waals surface area contributed by atoms with Crippen molar-refractivity contribution in [2.75, 3.05) is 13.2 Å². The average Bonchev–Trinajstić information content (AvgIpc) is 2.57. The molecule has 0 amide bonds. The van der Waals surface area contributed by atoms with Gasteiger partial charge in [-0.25, -0.2) is 0 Å². The van der Waals surface area contributed by atoms with E-state index < -0.39 is 0 Å². The first-order chi connectivity index (χ1) is 10.4. The smallest absolute Gasteiger partial charge is 0.0662 e. The van der Waals surface area contributed by atoms with Gasteiger partial charge in [-0.3, -0.25) is 4.90 Å². The third-order valence-electron chi connectivity index (χ3n) is 3.79. The lowest BCUT2D eigenvalue weighted by atomic mass is 10.1. The number of ether oxygens (including phenoxy) is 1. The minimum atomic E-state index is 0.346. The van der Waals surface area contributed by atoms with E-state index >= 15 is 0 Å². The Morgan fingerprint density at radius 1 is 0.857 bits per heavy atom. The number of rotatable bonds is 5. The second-order valence-electron chi connectivity index (χ2n) is 5.41. The molecule has 0 aromatic heterocycles. The molecule has 0 saturated heterocycles. The molecule has 2 aromatic carbocycles. The van der Waals surface area contributed by atoms with E-state index in [0.29, 0.717) is 6.04 Å². The van der Waals surface area contributed by atoms with Gasteiger partial charge in [-0.1, -0.05) is 72.8 Å². The zero-order valence-electron chi connectivity index (χ0n) is 12.2. The quantitative estimate of drug-likeness (QED) is 0.775. The summed E-state index contributed by atoms with van der Waals surface area (Å²) in [4.78, 5) is 2.47. The molecule has 2 nitrogen and oxygen atoms in total. The molecule has 0 radical (unpaired) electrons. The summed E-state index contributed by atoms with van der Waals surface area (Å²) in [6.07, 6.45) is 4.40. The van der Waals surface area contributed by atoms with Crippen molar-refractivity contribution in [3.05, 3.63) is 83.9 Å². The van der Waals surface area contributed by atoms with Crippen molar-refractivity contribution < 1.29 is 4.74 Å². The molecule has 2 aromatic rings. The third kappa shape index (κ3) is 4.03. The highest BCUT2D eigenvalue weighted by atomic mass is 16.5. The Balaban J connectivity index is 1.77. The Morgan fingerprint density at radius 2 is 1.43 bits per heavy atom. The van der Waals surface area contributed by atoms with Crippen LogP contribution in [-0.2, 0) is 17.8 Å². The molecule has 1 aliphatic rings. The number of hydrogen-bond donors (Lipinski definition) is 0. The molecule has 1 atom stereocenters. The minimum absolute atomic E-state index is 0.346. The van der Waals surface area contributed by atoms with Crippen LogP contribution >= 0.6 is 0 Å². The van der Waals surface area contributed by atoms with Gasteiger partial charge in [0, 0.05) is 13.1 Å². The van der Waals surface area contributed by atoms with Crippen molar-refractivity contribution in [3.8, 4) is 0 Å². The Kier molecular flexibility index (Phi) is 4.82. The maximum Gasteiger partial charge on any atom is 0.0662 e. The van der Waals surface area contributed by atoms with E-state index in [2.05, 4.69) is 77.7 Å². The molecule has 0 spiro atoms. The molecule has 0 bridgehead atoms. The first-order valence-corrected chi connectivity index (χ1v) is 7.48. The number of benzene rings is 2. The van der Waals surface area contributed by atoms with Gasteiger partial charge in [-0.2, -0.15) is 0 Å². The number of hydrogen-bond acceptors (Lipinski definition) is 2. The van der Waals surface area contributed by atoms with Crippen LogP contribution in [0.15, 0.2) is 72.8 Å². The summed E-state index contributed by atoms with van der Waals surface area (Å²) in [7, 11) is 0. The SMILES string of the molecule is C1=CC(N(Cc2ccccc2)Cc2ccccc2)COC1. The van der Waals surface area contributed by atoms with E-state index in [1.54, 1.807) is 0 Å². The summed E-state index contributed by atoms with van der Waals surface area (Å²) < 4.78 is 5.61. The maximum absolute atomic E-state index is 5.61. The van der Waals surface area contributed by atoms with Crippen molar-refractivity contribution in [1.82, 2.24) is 4.90 Å². The van der Waals surface area contributed by atoms with Crippen LogP contribution in [0.3, 0.4) is 0 Å². The fraction of sp³-hybridized carbons (Fsp3) is 0.263. The molecular weight excluding hydrogens is 258 g/mol. The van der Waals surface area contributed by atoms with E-state index in [0.717, 1.165) is 26.3 Å². The molecule has 0 N–H and O–H groups in total. The zero-order valence-corrected chi connectivity index (χ0v) is 12.2. The predicted octanol–water partition coefficient (Wildman–Crippen LogP) is 3.64. The Hall–Kier alpha value is -1.90. The lowest BCUT2D eigenvalue weighted by molar-refractivity contribution is 0.0746. The van der Waals surface area contributed by atoms with E-state index in [4.69, 9.17) is 4.74 Å². The van der Waals surface area contributed by atoms with Crippen LogP contribution in [0.4, 0.5) is 0 Å². The normalized spacial score (nSPS) is 18.0. The minimum Gasteiger partial charge on any atom is -0.375 e. The van der Waals surface area contributed by atoms with Gasteiger partial charge in [0.15, 0.2) is 0 Å². The number of nitrogens with zero attached hydrogens (tertiary/aromatic N) is 1. The molecule has 2 heteroatoms. The highest BCUT2D eigenvalue weighted by Gasteiger charge is 2.18. The monoisotopic (exact) mass is 279 g/mol. The van der Waals surface area contributed by atoms with Crippen molar-refractivity contribution in [3.63, 3.8) is 0 Å². The highest BCUT2D eigenvalue weighted by molar-refractivity contribution is 5.18. The Labute approximate surface area is 126 Å². The third-order valence-corrected chi connectivity index (χ3v) is 3.79. The van der Waals surface area contributed by atoms with Gasteiger partial charge in [0.25, 0.3) is 0 Å². The van der Waals surface area contributed by atoms with Gasteiger partial charge in [0.05, 0.1) is 19.3 Å². The first kappa shape index (κ1) is 14.1. The summed E-state index contributed by atoms with van der Waals surface area (Å²) >= 11 is 0. The van der Waals surface area contributed by atoms with Gasteiger partial charge in [0.1, 0.15) is 0 Å². The summed E-state index contributed by atoms with van der Waals surface area (Å²) in [6, 6.07) is 21.6. The first-order valence-electron chi connectivity index (χ1n) is 7.48. The van der Waals surface area contributed by atoms with Gasteiger partial charge in [-0.05, 0) is 11.1 Å². The topological polar surface area (TPSA) is 12.5 Å². The molecule has 0 aliphatic carbocycles. The molecule has 3 rings (SSSR count). The Bertz CT molecular complexity index is 523. The summed E-state index contributed by atoms with van der Waals surface area (Å²) in [6.45, 7) is 3.39. The highest BCUT2D eigenvalue weighted by Crippen LogP contribution is 2.16.